The van der Waals surface area contributed by atoms with Crippen LogP contribution in [-0.4, -0.2) is 40.8 Å². The van der Waals surface area contributed by atoms with Crippen molar-refractivity contribution in [1.29, 1.82) is 0 Å². The van der Waals surface area contributed by atoms with E-state index in [2.05, 4.69) is 16.0 Å². The highest BCUT2D eigenvalue weighted by Crippen LogP contribution is 2.13. The lowest BCUT2D eigenvalue weighted by Gasteiger charge is -2.22. The van der Waals surface area contributed by atoms with Crippen molar-refractivity contribution in [3.63, 3.8) is 0 Å². The van der Waals surface area contributed by atoms with Gasteiger partial charge in [0, 0.05) is 13.0 Å². The van der Waals surface area contributed by atoms with Crippen LogP contribution >= 0.6 is 0 Å². The third-order valence-corrected chi connectivity index (χ3v) is 2.68. The van der Waals surface area contributed by atoms with Crippen molar-refractivity contribution in [3.8, 4) is 11.8 Å². The summed E-state index contributed by atoms with van der Waals surface area (Å²) >= 11 is 0. The van der Waals surface area contributed by atoms with E-state index in [0.717, 1.165) is 32.1 Å². The van der Waals surface area contributed by atoms with Gasteiger partial charge in [-0.3, -0.25) is 4.18 Å². The zero-order chi connectivity index (χ0) is 12.6. The van der Waals surface area contributed by atoms with Gasteiger partial charge in [0.15, 0.2) is 6.29 Å². The zero-order valence-corrected chi connectivity index (χ0v) is 10.8. The maximum atomic E-state index is 10.6. The van der Waals surface area contributed by atoms with Crippen molar-refractivity contribution in [1.82, 2.24) is 0 Å². The molecule has 1 fully saturated rings. The van der Waals surface area contributed by atoms with Gasteiger partial charge in [0.05, 0.1) is 12.9 Å². The first-order chi connectivity index (χ1) is 8.08. The molecule has 1 unspecified atom stereocenters. The smallest absolute Gasteiger partial charge is 0.265 e. The third-order valence-electron chi connectivity index (χ3n) is 2.14. The highest BCUT2D eigenvalue weighted by atomic mass is 32.2. The van der Waals surface area contributed by atoms with Gasteiger partial charge in [-0.1, -0.05) is 11.8 Å². The molecule has 0 spiro atoms. The summed E-state index contributed by atoms with van der Waals surface area (Å²) < 4.78 is 36.5. The minimum atomic E-state index is -3.39. The van der Waals surface area contributed by atoms with Gasteiger partial charge in [-0.25, -0.2) is 0 Å². The molecule has 0 aliphatic carbocycles. The second-order valence-corrected chi connectivity index (χ2v) is 5.38. The van der Waals surface area contributed by atoms with Crippen LogP contribution in [0.5, 0.6) is 0 Å². The van der Waals surface area contributed by atoms with Crippen LogP contribution in [0, 0.1) is 11.8 Å². The Balaban J connectivity index is 2.01. The van der Waals surface area contributed by atoms with Gasteiger partial charge >= 0.3 is 0 Å². The molecule has 0 bridgehead atoms. The summed E-state index contributed by atoms with van der Waals surface area (Å²) in [7, 11) is -3.39. The predicted molar refractivity (Wildman–Crippen MR) is 62.7 cm³/mol. The molecule has 1 saturated heterocycles. The van der Waals surface area contributed by atoms with E-state index >= 15 is 0 Å². The third kappa shape index (κ3) is 8.16. The fourth-order valence-corrected chi connectivity index (χ4v) is 1.63. The molecule has 1 aliphatic heterocycles. The van der Waals surface area contributed by atoms with Crippen LogP contribution in [0.25, 0.3) is 0 Å². The lowest BCUT2D eigenvalue weighted by molar-refractivity contribution is -0.161. The average molecular weight is 262 g/mol. The summed E-state index contributed by atoms with van der Waals surface area (Å²) in [6.07, 6.45) is 4.62. The normalized spacial score (nSPS) is 20.6. The van der Waals surface area contributed by atoms with Crippen molar-refractivity contribution in [2.45, 2.75) is 32.0 Å². The average Bonchev–Trinajstić information content (AvgIpc) is 2.28. The Labute approximate surface area is 103 Å². The van der Waals surface area contributed by atoms with Crippen LogP contribution in [0.2, 0.25) is 0 Å². The molecule has 0 saturated carbocycles. The number of rotatable bonds is 5. The van der Waals surface area contributed by atoms with Crippen molar-refractivity contribution in [2.24, 2.45) is 0 Å². The Hall–Kier alpha value is -0.610. The van der Waals surface area contributed by atoms with Crippen molar-refractivity contribution in [2.75, 3.05) is 26.1 Å². The molecule has 0 amide bonds. The zero-order valence-electron chi connectivity index (χ0n) is 9.98. The largest absolute Gasteiger partial charge is 0.353 e. The second kappa shape index (κ2) is 7.67. The van der Waals surface area contributed by atoms with E-state index in [9.17, 15) is 8.42 Å². The Morgan fingerprint density at radius 2 is 2.18 bits per heavy atom. The molecular formula is C11H18O5S. The van der Waals surface area contributed by atoms with Crippen LogP contribution in [-0.2, 0) is 23.8 Å². The summed E-state index contributed by atoms with van der Waals surface area (Å²) in [6, 6.07) is 0. The SMILES string of the molecule is CS(=O)(=O)OCC#CCCOC1CCCCO1. The molecule has 0 aromatic carbocycles. The van der Waals surface area contributed by atoms with E-state index in [1.165, 1.54) is 0 Å². The fraction of sp³-hybridized carbons (Fsp3) is 0.818. The van der Waals surface area contributed by atoms with Crippen LogP contribution in [0.15, 0.2) is 0 Å². The summed E-state index contributed by atoms with van der Waals surface area (Å²) in [6.45, 7) is 1.16. The summed E-state index contributed by atoms with van der Waals surface area (Å²) in [5.74, 6) is 5.39. The van der Waals surface area contributed by atoms with Crippen LogP contribution in [0.3, 0.4) is 0 Å². The Morgan fingerprint density at radius 3 is 2.82 bits per heavy atom. The van der Waals surface area contributed by atoms with Crippen molar-refractivity contribution in [3.05, 3.63) is 0 Å². The molecule has 1 heterocycles. The standard InChI is InChI=1S/C11H18O5S/c1-17(12,13)16-10-5-2-4-8-14-11-7-3-6-9-15-11/h11H,3-4,6-10H2,1H3. The van der Waals surface area contributed by atoms with Crippen LogP contribution < -0.4 is 0 Å². The second-order valence-electron chi connectivity index (χ2n) is 3.74. The summed E-state index contributed by atoms with van der Waals surface area (Å²) in [4.78, 5) is 0. The lowest BCUT2D eigenvalue weighted by Crippen LogP contribution is -2.22. The van der Waals surface area contributed by atoms with Gasteiger partial charge in [0.25, 0.3) is 10.1 Å². The predicted octanol–water partition coefficient (Wildman–Crippen LogP) is 0.899. The van der Waals surface area contributed by atoms with Gasteiger partial charge in [-0.15, -0.1) is 0 Å². The molecule has 0 aromatic rings. The highest BCUT2D eigenvalue weighted by Gasteiger charge is 2.12. The first-order valence-electron chi connectivity index (χ1n) is 5.61. The summed E-state index contributed by atoms with van der Waals surface area (Å²) in [5, 5.41) is 0. The van der Waals surface area contributed by atoms with E-state index in [1.807, 2.05) is 0 Å². The minimum Gasteiger partial charge on any atom is -0.353 e. The Bertz CT molecular complexity index is 359. The first kappa shape index (κ1) is 14.5. The van der Waals surface area contributed by atoms with E-state index in [1.54, 1.807) is 0 Å². The van der Waals surface area contributed by atoms with E-state index in [4.69, 9.17) is 9.47 Å². The Morgan fingerprint density at radius 1 is 1.35 bits per heavy atom. The number of hydrogen-bond donors (Lipinski definition) is 0. The van der Waals surface area contributed by atoms with Gasteiger partial charge in [0.2, 0.25) is 0 Å². The van der Waals surface area contributed by atoms with Crippen molar-refractivity contribution < 1.29 is 22.1 Å². The molecule has 1 aliphatic rings. The Kier molecular flexibility index (Phi) is 6.52. The van der Waals surface area contributed by atoms with Gasteiger partial charge < -0.3 is 9.47 Å². The quantitative estimate of drug-likeness (QED) is 0.418. The molecule has 1 rings (SSSR count). The highest BCUT2D eigenvalue weighted by molar-refractivity contribution is 7.85. The minimum absolute atomic E-state index is 0.0985. The van der Waals surface area contributed by atoms with Crippen molar-refractivity contribution >= 4 is 10.1 Å². The molecule has 1 atom stereocenters. The number of ether oxygens (including phenoxy) is 2. The van der Waals surface area contributed by atoms with Gasteiger partial charge in [-0.05, 0) is 19.3 Å². The number of hydrogen-bond acceptors (Lipinski definition) is 5. The molecule has 0 N–H and O–H groups in total. The molecule has 5 nitrogen and oxygen atoms in total. The molecule has 17 heavy (non-hydrogen) atoms. The molecule has 98 valence electrons. The maximum Gasteiger partial charge on any atom is 0.265 e. The fourth-order valence-electron chi connectivity index (χ4n) is 1.36. The van der Waals surface area contributed by atoms with Gasteiger partial charge in [-0.2, -0.15) is 8.42 Å². The van der Waals surface area contributed by atoms with Crippen LogP contribution in [0.1, 0.15) is 25.7 Å². The molecule has 6 heteroatoms. The first-order valence-corrected chi connectivity index (χ1v) is 7.43. The monoisotopic (exact) mass is 262 g/mol. The molecule has 0 radical (unpaired) electrons. The summed E-state index contributed by atoms with van der Waals surface area (Å²) in [5.41, 5.74) is 0. The molecular weight excluding hydrogens is 244 g/mol. The topological polar surface area (TPSA) is 61.8 Å². The van der Waals surface area contributed by atoms with E-state index in [0.29, 0.717) is 13.0 Å². The van der Waals surface area contributed by atoms with E-state index < -0.39 is 10.1 Å². The van der Waals surface area contributed by atoms with Gasteiger partial charge in [0.1, 0.15) is 6.61 Å². The van der Waals surface area contributed by atoms with Crippen LogP contribution in [0.4, 0.5) is 0 Å². The van der Waals surface area contributed by atoms with E-state index in [-0.39, 0.29) is 12.9 Å². The maximum absolute atomic E-state index is 10.6. The lowest BCUT2D eigenvalue weighted by atomic mass is 10.2. The molecule has 0 aromatic heterocycles.